The molecule has 1 aromatic heterocycles. The summed E-state index contributed by atoms with van der Waals surface area (Å²) >= 11 is 3.46. The third-order valence-electron chi connectivity index (χ3n) is 2.69. The van der Waals surface area contributed by atoms with E-state index in [-0.39, 0.29) is 0 Å². The molecule has 0 N–H and O–H groups in total. The molecule has 0 fully saturated rings. The van der Waals surface area contributed by atoms with Crippen molar-refractivity contribution in [2.24, 2.45) is 0 Å². The Balaban J connectivity index is 1.98. The molecule has 0 spiro atoms. The Bertz CT molecular complexity index is 536. The normalized spacial score (nSPS) is 12.2. The van der Waals surface area contributed by atoms with Crippen LogP contribution in [-0.2, 0) is 11.5 Å². The Morgan fingerprint density at radius 2 is 2.11 bits per heavy atom. The highest BCUT2D eigenvalue weighted by atomic mass is 79.9. The number of hydrogen-bond acceptors (Lipinski definition) is 3. The van der Waals surface area contributed by atoms with E-state index in [2.05, 4.69) is 45.9 Å². The minimum Gasteiger partial charge on any atom is -0.359 e. The van der Waals surface area contributed by atoms with Crippen LogP contribution in [0.2, 0.25) is 25.7 Å². The van der Waals surface area contributed by atoms with Gasteiger partial charge < -0.3 is 4.74 Å². The molecule has 0 aliphatic carbocycles. The van der Waals surface area contributed by atoms with Crippen molar-refractivity contribution in [1.29, 1.82) is 0 Å². The highest BCUT2D eigenvalue weighted by Gasteiger charge is 2.12. The van der Waals surface area contributed by atoms with Crippen LogP contribution in [0, 0.1) is 0 Å². The van der Waals surface area contributed by atoms with Gasteiger partial charge in [0.2, 0.25) is 0 Å². The number of rotatable bonds is 5. The molecule has 98 valence electrons. The summed E-state index contributed by atoms with van der Waals surface area (Å²) in [7, 11) is -1.02. The summed E-state index contributed by atoms with van der Waals surface area (Å²) in [5.74, 6) is 0. The molecule has 0 bridgehead atoms. The smallest absolute Gasteiger partial charge is 0.141 e. The van der Waals surface area contributed by atoms with Crippen LogP contribution in [0.3, 0.4) is 0 Å². The highest BCUT2D eigenvalue weighted by molar-refractivity contribution is 9.10. The first-order valence-electron chi connectivity index (χ1n) is 6.02. The minimum absolute atomic E-state index is 0.470. The SMILES string of the molecule is C[Si](C)(C)CCOCn1nnc2ccc(Br)cc21. The maximum absolute atomic E-state index is 5.68. The van der Waals surface area contributed by atoms with Gasteiger partial charge in [0.15, 0.2) is 0 Å². The molecule has 0 aliphatic heterocycles. The van der Waals surface area contributed by atoms with Crippen molar-refractivity contribution in [3.05, 3.63) is 22.7 Å². The van der Waals surface area contributed by atoms with Gasteiger partial charge in [-0.15, -0.1) is 5.10 Å². The predicted molar refractivity (Wildman–Crippen MR) is 79.3 cm³/mol. The van der Waals surface area contributed by atoms with Crippen LogP contribution in [-0.4, -0.2) is 29.7 Å². The number of ether oxygens (including phenoxy) is 1. The maximum Gasteiger partial charge on any atom is 0.141 e. The van der Waals surface area contributed by atoms with Gasteiger partial charge in [0, 0.05) is 19.2 Å². The van der Waals surface area contributed by atoms with E-state index in [1.54, 1.807) is 4.68 Å². The molecule has 6 heteroatoms. The molecule has 0 saturated carbocycles. The van der Waals surface area contributed by atoms with E-state index in [9.17, 15) is 0 Å². The second-order valence-corrected chi connectivity index (χ2v) is 12.1. The van der Waals surface area contributed by atoms with Crippen molar-refractivity contribution in [3.63, 3.8) is 0 Å². The first-order chi connectivity index (χ1) is 8.46. The van der Waals surface area contributed by atoms with Crippen LogP contribution in [0.1, 0.15) is 0 Å². The van der Waals surface area contributed by atoms with Gasteiger partial charge in [0.05, 0.1) is 5.52 Å². The molecule has 0 atom stereocenters. The average molecular weight is 328 g/mol. The standard InChI is InChI=1S/C12H18BrN3OSi/c1-18(2,3)7-6-17-9-16-12-8-10(13)4-5-11(12)14-15-16/h4-5,8H,6-7,9H2,1-3H3. The van der Waals surface area contributed by atoms with Gasteiger partial charge in [0.25, 0.3) is 0 Å². The quantitative estimate of drug-likeness (QED) is 0.623. The van der Waals surface area contributed by atoms with Crippen molar-refractivity contribution in [2.75, 3.05) is 6.61 Å². The lowest BCUT2D eigenvalue weighted by Crippen LogP contribution is -2.22. The molecule has 4 nitrogen and oxygen atoms in total. The van der Waals surface area contributed by atoms with Crippen LogP contribution in [0.15, 0.2) is 22.7 Å². The van der Waals surface area contributed by atoms with Crippen LogP contribution >= 0.6 is 15.9 Å². The zero-order valence-electron chi connectivity index (χ0n) is 11.0. The van der Waals surface area contributed by atoms with E-state index in [0.29, 0.717) is 6.73 Å². The zero-order valence-corrected chi connectivity index (χ0v) is 13.6. The third-order valence-corrected chi connectivity index (χ3v) is 4.88. The van der Waals surface area contributed by atoms with Crippen LogP contribution in [0.25, 0.3) is 11.0 Å². The van der Waals surface area contributed by atoms with Gasteiger partial charge in [0.1, 0.15) is 12.2 Å². The molecule has 1 aromatic carbocycles. The Hall–Kier alpha value is -0.723. The number of aromatic nitrogens is 3. The number of benzene rings is 1. The summed E-state index contributed by atoms with van der Waals surface area (Å²) in [6.07, 6.45) is 0. The summed E-state index contributed by atoms with van der Waals surface area (Å²) in [4.78, 5) is 0. The summed E-state index contributed by atoms with van der Waals surface area (Å²) < 4.78 is 8.51. The average Bonchev–Trinajstić information content (AvgIpc) is 2.66. The largest absolute Gasteiger partial charge is 0.359 e. The Morgan fingerprint density at radius 3 is 2.83 bits per heavy atom. The molecule has 1 heterocycles. The van der Waals surface area contributed by atoms with E-state index >= 15 is 0 Å². The van der Waals surface area contributed by atoms with Crippen molar-refractivity contribution < 1.29 is 4.74 Å². The molecule has 0 radical (unpaired) electrons. The fourth-order valence-electron chi connectivity index (χ4n) is 1.56. The van der Waals surface area contributed by atoms with Crippen LogP contribution in [0.4, 0.5) is 0 Å². The van der Waals surface area contributed by atoms with Crippen LogP contribution < -0.4 is 0 Å². The number of halogens is 1. The van der Waals surface area contributed by atoms with Gasteiger partial charge >= 0.3 is 0 Å². The lowest BCUT2D eigenvalue weighted by molar-refractivity contribution is 0.0803. The van der Waals surface area contributed by atoms with Crippen molar-refractivity contribution in [3.8, 4) is 0 Å². The fourth-order valence-corrected chi connectivity index (χ4v) is 2.67. The molecular weight excluding hydrogens is 310 g/mol. The van der Waals surface area contributed by atoms with Gasteiger partial charge in [-0.2, -0.15) is 0 Å². The van der Waals surface area contributed by atoms with Gasteiger partial charge in [-0.1, -0.05) is 40.8 Å². The molecule has 2 aromatic rings. The minimum atomic E-state index is -1.02. The molecule has 18 heavy (non-hydrogen) atoms. The fraction of sp³-hybridized carbons (Fsp3) is 0.500. The topological polar surface area (TPSA) is 39.9 Å². The molecule has 2 rings (SSSR count). The lowest BCUT2D eigenvalue weighted by Gasteiger charge is -2.15. The Morgan fingerprint density at radius 1 is 1.33 bits per heavy atom. The Labute approximate surface area is 116 Å². The van der Waals surface area contributed by atoms with Crippen LogP contribution in [0.5, 0.6) is 0 Å². The molecule has 0 saturated heterocycles. The number of nitrogens with zero attached hydrogens (tertiary/aromatic N) is 3. The zero-order chi connectivity index (χ0) is 13.2. The highest BCUT2D eigenvalue weighted by Crippen LogP contribution is 2.17. The van der Waals surface area contributed by atoms with E-state index in [1.165, 1.54) is 6.04 Å². The lowest BCUT2D eigenvalue weighted by atomic mass is 10.3. The summed E-state index contributed by atoms with van der Waals surface area (Å²) in [5.41, 5.74) is 1.89. The van der Waals surface area contributed by atoms with Gasteiger partial charge in [-0.3, -0.25) is 0 Å². The van der Waals surface area contributed by atoms with Crippen molar-refractivity contribution in [1.82, 2.24) is 15.0 Å². The second-order valence-electron chi connectivity index (χ2n) is 5.57. The summed E-state index contributed by atoms with van der Waals surface area (Å²) in [6.45, 7) is 8.30. The Kier molecular flexibility index (Phi) is 4.19. The number of hydrogen-bond donors (Lipinski definition) is 0. The van der Waals surface area contributed by atoms with Crippen molar-refractivity contribution in [2.45, 2.75) is 32.4 Å². The molecule has 0 amide bonds. The van der Waals surface area contributed by atoms with E-state index in [4.69, 9.17) is 4.74 Å². The summed E-state index contributed by atoms with van der Waals surface area (Å²) in [6, 6.07) is 7.10. The van der Waals surface area contributed by atoms with Crippen molar-refractivity contribution >= 4 is 35.0 Å². The second kappa shape index (κ2) is 5.50. The summed E-state index contributed by atoms with van der Waals surface area (Å²) in [5, 5.41) is 8.21. The van der Waals surface area contributed by atoms with Gasteiger partial charge in [-0.05, 0) is 24.2 Å². The molecule has 0 unspecified atom stereocenters. The first-order valence-corrected chi connectivity index (χ1v) is 10.5. The van der Waals surface area contributed by atoms with E-state index in [0.717, 1.165) is 22.1 Å². The number of fused-ring (bicyclic) bond motifs is 1. The molecule has 0 aliphatic rings. The van der Waals surface area contributed by atoms with Gasteiger partial charge in [-0.25, -0.2) is 4.68 Å². The maximum atomic E-state index is 5.68. The van der Waals surface area contributed by atoms with E-state index < -0.39 is 8.07 Å². The monoisotopic (exact) mass is 327 g/mol. The predicted octanol–water partition coefficient (Wildman–Crippen LogP) is 3.51. The third kappa shape index (κ3) is 3.63. The van der Waals surface area contributed by atoms with E-state index in [1.807, 2.05) is 18.2 Å². The first kappa shape index (κ1) is 13.7. The molecular formula is C12H18BrN3OSi.